The average molecular weight is 361 g/mol. The number of thioether (sulfide) groups is 1. The third-order valence-electron chi connectivity index (χ3n) is 4.11. The lowest BCUT2D eigenvalue weighted by Crippen LogP contribution is -2.02. The van der Waals surface area contributed by atoms with Crippen molar-refractivity contribution in [2.45, 2.75) is 17.7 Å². The van der Waals surface area contributed by atoms with Crippen LogP contribution in [0.25, 0.3) is 16.7 Å². The van der Waals surface area contributed by atoms with Gasteiger partial charge >= 0.3 is 0 Å². The highest BCUT2D eigenvalue weighted by atomic mass is 32.2. The molecule has 0 spiro atoms. The Morgan fingerprint density at radius 2 is 2.00 bits per heavy atom. The van der Waals surface area contributed by atoms with E-state index in [1.54, 1.807) is 22.6 Å². The normalized spacial score (nSPS) is 11.0. The lowest BCUT2D eigenvalue weighted by atomic mass is 10.2. The van der Waals surface area contributed by atoms with E-state index in [-0.39, 0.29) is 0 Å². The number of fused-ring (bicyclic) bond motifs is 1. The molecule has 0 aliphatic carbocycles. The molecule has 0 bridgehead atoms. The number of aromatic nitrogens is 6. The van der Waals surface area contributed by atoms with Gasteiger partial charge in [-0.2, -0.15) is 15.5 Å². The van der Waals surface area contributed by atoms with Crippen molar-refractivity contribution in [3.8, 4) is 11.8 Å². The molecule has 4 aromatic rings. The molecule has 128 valence electrons. The third-order valence-corrected chi connectivity index (χ3v) is 5.12. The molecular formula is C18H15N7S. The molecular weight excluding hydrogens is 346 g/mol. The topological polar surface area (TPSA) is 85.2 Å². The Bertz CT molecular complexity index is 1120. The van der Waals surface area contributed by atoms with Crippen LogP contribution in [-0.4, -0.2) is 29.5 Å². The van der Waals surface area contributed by atoms with Gasteiger partial charge in [0.2, 0.25) is 0 Å². The number of nitriles is 1. The van der Waals surface area contributed by atoms with Crippen molar-refractivity contribution >= 4 is 22.8 Å². The quantitative estimate of drug-likeness (QED) is 0.410. The van der Waals surface area contributed by atoms with Gasteiger partial charge in [-0.3, -0.25) is 4.68 Å². The molecule has 0 aliphatic heterocycles. The molecule has 0 aliphatic rings. The number of hydrogen-bond acceptors (Lipinski definition) is 6. The van der Waals surface area contributed by atoms with E-state index in [1.807, 2.05) is 49.0 Å². The molecule has 0 saturated carbocycles. The van der Waals surface area contributed by atoms with E-state index in [1.165, 1.54) is 6.33 Å². The number of nitrogens with zero attached hydrogens (tertiary/aromatic N) is 7. The lowest BCUT2D eigenvalue weighted by molar-refractivity contribution is 0.784. The van der Waals surface area contributed by atoms with Gasteiger partial charge in [0.25, 0.3) is 0 Å². The third kappa shape index (κ3) is 2.72. The maximum atomic E-state index is 9.58. The van der Waals surface area contributed by atoms with Gasteiger partial charge in [0.15, 0.2) is 5.65 Å². The second-order valence-electron chi connectivity index (χ2n) is 5.74. The summed E-state index contributed by atoms with van der Waals surface area (Å²) in [6.45, 7) is 1.86. The van der Waals surface area contributed by atoms with E-state index >= 15 is 0 Å². The second-order valence-corrected chi connectivity index (χ2v) is 6.70. The van der Waals surface area contributed by atoms with Gasteiger partial charge in [0.05, 0.1) is 34.2 Å². The molecule has 0 N–H and O–H groups in total. The number of para-hydroxylation sites is 1. The Labute approximate surface area is 154 Å². The van der Waals surface area contributed by atoms with Crippen molar-refractivity contribution in [1.29, 1.82) is 5.26 Å². The van der Waals surface area contributed by atoms with Gasteiger partial charge in [-0.15, -0.1) is 0 Å². The summed E-state index contributed by atoms with van der Waals surface area (Å²) in [7, 11) is 1.85. The van der Waals surface area contributed by atoms with Crippen LogP contribution < -0.4 is 0 Å². The van der Waals surface area contributed by atoms with Crippen molar-refractivity contribution in [3.05, 3.63) is 59.8 Å². The monoisotopic (exact) mass is 361 g/mol. The predicted molar refractivity (Wildman–Crippen MR) is 98.9 cm³/mol. The van der Waals surface area contributed by atoms with Crippen LogP contribution in [0.1, 0.15) is 17.0 Å². The molecule has 0 radical (unpaired) electrons. The fourth-order valence-corrected chi connectivity index (χ4v) is 3.79. The minimum Gasteiger partial charge on any atom is -0.250 e. The van der Waals surface area contributed by atoms with Crippen LogP contribution in [0.5, 0.6) is 0 Å². The molecule has 0 fully saturated rings. The standard InChI is InChI=1S/C18H15N7S/c1-12-14(8-19)16(25(23-12)13-6-4-3-5-7-13)10-26-18-15-9-22-24(2)17(15)20-11-21-18/h3-7,9,11H,10H2,1-2H3. The van der Waals surface area contributed by atoms with Crippen LogP contribution in [0.15, 0.2) is 47.9 Å². The van der Waals surface area contributed by atoms with Crippen molar-refractivity contribution in [3.63, 3.8) is 0 Å². The van der Waals surface area contributed by atoms with Gasteiger partial charge in [0, 0.05) is 12.8 Å². The van der Waals surface area contributed by atoms with E-state index in [0.717, 1.165) is 33.1 Å². The van der Waals surface area contributed by atoms with Crippen LogP contribution >= 0.6 is 11.8 Å². The molecule has 0 saturated heterocycles. The van der Waals surface area contributed by atoms with Crippen LogP contribution in [0.3, 0.4) is 0 Å². The SMILES string of the molecule is Cc1nn(-c2ccccc2)c(CSc2ncnc3c2cnn3C)c1C#N. The Morgan fingerprint density at radius 1 is 1.19 bits per heavy atom. The predicted octanol–water partition coefficient (Wildman–Crippen LogP) is 3.02. The Balaban J connectivity index is 1.73. The second kappa shape index (κ2) is 6.61. The zero-order valence-electron chi connectivity index (χ0n) is 14.3. The van der Waals surface area contributed by atoms with Crippen LogP contribution in [0, 0.1) is 18.3 Å². The van der Waals surface area contributed by atoms with Gasteiger partial charge < -0.3 is 0 Å². The summed E-state index contributed by atoms with van der Waals surface area (Å²) in [5, 5.41) is 20.1. The summed E-state index contributed by atoms with van der Waals surface area (Å²) in [5.74, 6) is 0.569. The van der Waals surface area contributed by atoms with E-state index in [0.29, 0.717) is 11.3 Å². The first-order valence-corrected chi connectivity index (χ1v) is 8.97. The largest absolute Gasteiger partial charge is 0.250 e. The summed E-state index contributed by atoms with van der Waals surface area (Å²) < 4.78 is 3.56. The first-order chi connectivity index (χ1) is 12.7. The number of aryl methyl sites for hydroxylation is 2. The summed E-state index contributed by atoms with van der Waals surface area (Å²) >= 11 is 1.55. The molecule has 0 atom stereocenters. The molecule has 3 aromatic heterocycles. The minimum atomic E-state index is 0.569. The average Bonchev–Trinajstić information content (AvgIpc) is 3.21. The van der Waals surface area contributed by atoms with Crippen molar-refractivity contribution in [2.75, 3.05) is 0 Å². The Hall–Kier alpha value is -3.18. The van der Waals surface area contributed by atoms with E-state index in [9.17, 15) is 5.26 Å². The molecule has 4 rings (SSSR count). The lowest BCUT2D eigenvalue weighted by Gasteiger charge is -2.08. The number of hydrogen-bond donors (Lipinski definition) is 0. The maximum Gasteiger partial charge on any atom is 0.162 e. The van der Waals surface area contributed by atoms with Crippen molar-refractivity contribution in [1.82, 2.24) is 29.5 Å². The summed E-state index contributed by atoms with van der Waals surface area (Å²) in [4.78, 5) is 8.65. The van der Waals surface area contributed by atoms with Crippen molar-refractivity contribution < 1.29 is 0 Å². The van der Waals surface area contributed by atoms with Crippen LogP contribution in [0.4, 0.5) is 0 Å². The van der Waals surface area contributed by atoms with Crippen LogP contribution in [-0.2, 0) is 12.8 Å². The molecule has 7 nitrogen and oxygen atoms in total. The summed E-state index contributed by atoms with van der Waals surface area (Å²) in [6, 6.07) is 12.1. The summed E-state index contributed by atoms with van der Waals surface area (Å²) in [6.07, 6.45) is 3.31. The maximum absolute atomic E-state index is 9.58. The smallest absolute Gasteiger partial charge is 0.162 e. The molecule has 0 amide bonds. The van der Waals surface area contributed by atoms with Gasteiger partial charge in [-0.1, -0.05) is 30.0 Å². The molecule has 3 heterocycles. The molecule has 1 aromatic carbocycles. The number of benzene rings is 1. The van der Waals surface area contributed by atoms with Gasteiger partial charge in [-0.05, 0) is 19.1 Å². The fourth-order valence-electron chi connectivity index (χ4n) is 2.83. The Morgan fingerprint density at radius 3 is 2.77 bits per heavy atom. The van der Waals surface area contributed by atoms with Crippen molar-refractivity contribution in [2.24, 2.45) is 7.05 Å². The highest BCUT2D eigenvalue weighted by molar-refractivity contribution is 7.98. The highest BCUT2D eigenvalue weighted by Crippen LogP contribution is 2.29. The number of rotatable bonds is 4. The molecule has 8 heteroatoms. The van der Waals surface area contributed by atoms with Crippen LogP contribution in [0.2, 0.25) is 0 Å². The van der Waals surface area contributed by atoms with E-state index in [2.05, 4.69) is 26.2 Å². The fraction of sp³-hybridized carbons (Fsp3) is 0.167. The van der Waals surface area contributed by atoms with Gasteiger partial charge in [0.1, 0.15) is 17.4 Å². The first kappa shape index (κ1) is 16.3. The summed E-state index contributed by atoms with van der Waals surface area (Å²) in [5.41, 5.74) is 3.91. The zero-order valence-corrected chi connectivity index (χ0v) is 15.1. The molecule has 0 unspecified atom stereocenters. The van der Waals surface area contributed by atoms with E-state index in [4.69, 9.17) is 0 Å². The Kier molecular flexibility index (Phi) is 4.14. The van der Waals surface area contributed by atoms with Gasteiger partial charge in [-0.25, -0.2) is 14.6 Å². The minimum absolute atomic E-state index is 0.569. The van der Waals surface area contributed by atoms with E-state index < -0.39 is 0 Å². The highest BCUT2D eigenvalue weighted by Gasteiger charge is 2.18. The first-order valence-electron chi connectivity index (χ1n) is 7.98. The zero-order chi connectivity index (χ0) is 18.1. The molecule has 26 heavy (non-hydrogen) atoms.